The molecule has 1 saturated heterocycles. The Hall–Kier alpha value is -1.89. The average molecular weight is 334 g/mol. The second-order valence-electron chi connectivity index (χ2n) is 6.58. The summed E-state index contributed by atoms with van der Waals surface area (Å²) in [5, 5.41) is 2.91. The summed E-state index contributed by atoms with van der Waals surface area (Å²) >= 11 is 1.63. The van der Waals surface area contributed by atoms with Crippen LogP contribution in [0.15, 0.2) is 12.4 Å². The number of nitrogens with zero attached hydrogens (tertiary/aromatic N) is 3. The third-order valence-electron chi connectivity index (χ3n) is 3.94. The summed E-state index contributed by atoms with van der Waals surface area (Å²) in [6.07, 6.45) is 4.28. The first kappa shape index (κ1) is 16.0. The van der Waals surface area contributed by atoms with Gasteiger partial charge in [-0.2, -0.15) is 0 Å². The lowest BCUT2D eigenvalue weighted by molar-refractivity contribution is -0.129. The second-order valence-corrected chi connectivity index (χ2v) is 7.79. The number of likely N-dealkylation sites (tertiary alicyclic amines) is 1. The maximum atomic E-state index is 12.3. The number of imidazole rings is 1. The van der Waals surface area contributed by atoms with Crippen LogP contribution in [-0.2, 0) is 16.1 Å². The molecular formula is C16H22N4O2S. The Balaban J connectivity index is 1.55. The highest BCUT2D eigenvalue weighted by Crippen LogP contribution is 2.20. The molecule has 7 heteroatoms. The van der Waals surface area contributed by atoms with Gasteiger partial charge in [-0.3, -0.25) is 14.0 Å². The minimum atomic E-state index is -0.243. The van der Waals surface area contributed by atoms with Crippen molar-refractivity contribution in [3.05, 3.63) is 23.0 Å². The van der Waals surface area contributed by atoms with E-state index in [0.29, 0.717) is 25.4 Å². The van der Waals surface area contributed by atoms with E-state index in [-0.39, 0.29) is 17.7 Å². The van der Waals surface area contributed by atoms with Crippen molar-refractivity contribution in [1.82, 2.24) is 19.6 Å². The minimum absolute atomic E-state index is 0.0582. The predicted molar refractivity (Wildman–Crippen MR) is 89.2 cm³/mol. The van der Waals surface area contributed by atoms with Gasteiger partial charge in [0.15, 0.2) is 4.96 Å². The van der Waals surface area contributed by atoms with Gasteiger partial charge in [-0.05, 0) is 12.8 Å². The fraction of sp³-hybridized carbons (Fsp3) is 0.562. The Morgan fingerprint density at radius 2 is 2.26 bits per heavy atom. The van der Waals surface area contributed by atoms with Gasteiger partial charge in [0.25, 0.3) is 0 Å². The maximum Gasteiger partial charge on any atom is 0.225 e. The molecule has 0 spiro atoms. The Morgan fingerprint density at radius 3 is 2.96 bits per heavy atom. The topological polar surface area (TPSA) is 66.7 Å². The summed E-state index contributed by atoms with van der Waals surface area (Å²) in [7, 11) is 0. The maximum absolute atomic E-state index is 12.3. The van der Waals surface area contributed by atoms with E-state index in [1.54, 1.807) is 16.2 Å². The number of hydrogen-bond acceptors (Lipinski definition) is 4. The molecule has 2 amide bonds. The van der Waals surface area contributed by atoms with Crippen LogP contribution in [0.2, 0.25) is 0 Å². The molecule has 1 atom stereocenters. The number of rotatable bonds is 5. The zero-order chi connectivity index (χ0) is 16.6. The summed E-state index contributed by atoms with van der Waals surface area (Å²) in [5.41, 5.74) is 0.841. The molecule has 0 saturated carbocycles. The van der Waals surface area contributed by atoms with Crippen molar-refractivity contribution >= 4 is 28.1 Å². The monoisotopic (exact) mass is 334 g/mol. The molecule has 1 unspecified atom stereocenters. The first-order valence-electron chi connectivity index (χ1n) is 7.92. The largest absolute Gasteiger partial charge is 0.350 e. The highest BCUT2D eigenvalue weighted by atomic mass is 32.1. The van der Waals surface area contributed by atoms with Crippen LogP contribution in [0.4, 0.5) is 0 Å². The molecule has 2 aromatic rings. The van der Waals surface area contributed by atoms with Crippen molar-refractivity contribution in [2.24, 2.45) is 11.8 Å². The molecular weight excluding hydrogens is 312 g/mol. The van der Waals surface area contributed by atoms with Crippen LogP contribution >= 0.6 is 11.3 Å². The van der Waals surface area contributed by atoms with Gasteiger partial charge >= 0.3 is 0 Å². The van der Waals surface area contributed by atoms with Crippen LogP contribution in [0.5, 0.6) is 0 Å². The third kappa shape index (κ3) is 3.55. The smallest absolute Gasteiger partial charge is 0.225 e. The summed E-state index contributed by atoms with van der Waals surface area (Å²) < 4.78 is 1.98. The zero-order valence-corrected chi connectivity index (χ0v) is 14.5. The van der Waals surface area contributed by atoms with Crippen molar-refractivity contribution in [1.29, 1.82) is 0 Å². The number of fused-ring (bicyclic) bond motifs is 1. The summed E-state index contributed by atoms with van der Waals surface area (Å²) in [6.45, 7) is 7.85. The standard InChI is InChI=1S/C16H22N4O2S/c1-10(2)6-19-8-12(4-14(19)21)15(22)17-5-13-9-20-7-11(3)23-16(20)18-13/h7,9-10,12H,4-6,8H2,1-3H3,(H,17,22). The number of carbonyl (C=O) groups is 2. The van der Waals surface area contributed by atoms with Crippen molar-refractivity contribution in [3.8, 4) is 0 Å². The molecule has 23 heavy (non-hydrogen) atoms. The molecule has 1 N–H and O–H groups in total. The highest BCUT2D eigenvalue weighted by molar-refractivity contribution is 7.16. The molecule has 1 fully saturated rings. The Bertz CT molecular complexity index is 702. The summed E-state index contributed by atoms with van der Waals surface area (Å²) in [5.74, 6) is 0.198. The Labute approximate surface area is 139 Å². The van der Waals surface area contributed by atoms with Crippen molar-refractivity contribution in [2.75, 3.05) is 13.1 Å². The van der Waals surface area contributed by atoms with Crippen molar-refractivity contribution in [3.63, 3.8) is 0 Å². The van der Waals surface area contributed by atoms with Crippen LogP contribution in [0, 0.1) is 18.8 Å². The van der Waals surface area contributed by atoms with E-state index in [1.165, 1.54) is 4.88 Å². The van der Waals surface area contributed by atoms with Gasteiger partial charge < -0.3 is 10.2 Å². The molecule has 0 radical (unpaired) electrons. The third-order valence-corrected chi connectivity index (χ3v) is 4.85. The van der Waals surface area contributed by atoms with Gasteiger partial charge in [-0.15, -0.1) is 11.3 Å². The molecule has 1 aliphatic heterocycles. The zero-order valence-electron chi connectivity index (χ0n) is 13.7. The molecule has 6 nitrogen and oxygen atoms in total. The first-order chi connectivity index (χ1) is 10.9. The fourth-order valence-electron chi connectivity index (χ4n) is 2.93. The van der Waals surface area contributed by atoms with Crippen molar-refractivity contribution in [2.45, 2.75) is 33.7 Å². The number of thiazole rings is 1. The summed E-state index contributed by atoms with van der Waals surface area (Å²) in [4.78, 5) is 32.7. The summed E-state index contributed by atoms with van der Waals surface area (Å²) in [6, 6.07) is 0. The van der Waals surface area contributed by atoms with Crippen LogP contribution < -0.4 is 5.32 Å². The second kappa shape index (κ2) is 6.31. The van der Waals surface area contributed by atoms with Gasteiger partial charge in [0.2, 0.25) is 11.8 Å². The van der Waals surface area contributed by atoms with Crippen molar-refractivity contribution < 1.29 is 9.59 Å². The number of aromatic nitrogens is 2. The van der Waals surface area contributed by atoms with E-state index in [9.17, 15) is 9.59 Å². The molecule has 3 rings (SSSR count). The van der Waals surface area contributed by atoms with Crippen LogP contribution in [0.25, 0.3) is 4.96 Å². The van der Waals surface area contributed by atoms with Crippen LogP contribution in [-0.4, -0.2) is 39.2 Å². The lowest BCUT2D eigenvalue weighted by Crippen LogP contribution is -2.33. The fourth-order valence-corrected chi connectivity index (χ4v) is 3.76. The quantitative estimate of drug-likeness (QED) is 0.907. The molecule has 0 bridgehead atoms. The number of hydrogen-bond donors (Lipinski definition) is 1. The van der Waals surface area contributed by atoms with E-state index in [0.717, 1.165) is 17.2 Å². The average Bonchev–Trinajstić information content (AvgIpc) is 3.09. The Morgan fingerprint density at radius 1 is 1.48 bits per heavy atom. The molecule has 124 valence electrons. The van der Waals surface area contributed by atoms with E-state index >= 15 is 0 Å². The van der Waals surface area contributed by atoms with Crippen LogP contribution in [0.3, 0.4) is 0 Å². The minimum Gasteiger partial charge on any atom is -0.350 e. The van der Waals surface area contributed by atoms with Crippen LogP contribution in [0.1, 0.15) is 30.8 Å². The van der Waals surface area contributed by atoms with Gasteiger partial charge in [-0.25, -0.2) is 4.98 Å². The first-order valence-corrected chi connectivity index (χ1v) is 8.73. The van der Waals surface area contributed by atoms with Gasteiger partial charge in [0.1, 0.15) is 0 Å². The lowest BCUT2D eigenvalue weighted by Gasteiger charge is -2.18. The number of amides is 2. The molecule has 0 aromatic carbocycles. The molecule has 2 aromatic heterocycles. The van der Waals surface area contributed by atoms with Gasteiger partial charge in [-0.1, -0.05) is 13.8 Å². The highest BCUT2D eigenvalue weighted by Gasteiger charge is 2.34. The lowest BCUT2D eigenvalue weighted by atomic mass is 10.1. The SMILES string of the molecule is Cc1cn2cc(CNC(=O)C3CC(=O)N(CC(C)C)C3)nc2s1. The van der Waals surface area contributed by atoms with E-state index in [2.05, 4.69) is 24.1 Å². The van der Waals surface area contributed by atoms with Gasteiger partial charge in [0.05, 0.1) is 18.2 Å². The van der Waals surface area contributed by atoms with E-state index in [1.807, 2.05) is 23.7 Å². The molecule has 0 aliphatic carbocycles. The Kier molecular flexibility index (Phi) is 4.39. The number of carbonyl (C=O) groups excluding carboxylic acids is 2. The van der Waals surface area contributed by atoms with E-state index in [4.69, 9.17) is 0 Å². The van der Waals surface area contributed by atoms with E-state index < -0.39 is 0 Å². The predicted octanol–water partition coefficient (Wildman–Crippen LogP) is 1.82. The van der Waals surface area contributed by atoms with Gasteiger partial charge in [0, 0.05) is 36.8 Å². The normalized spacial score (nSPS) is 18.3. The molecule has 3 heterocycles. The molecule has 1 aliphatic rings. The number of nitrogens with one attached hydrogen (secondary N) is 1. The number of aryl methyl sites for hydroxylation is 1.